The number of carbonyl (C=O) groups is 1. The summed E-state index contributed by atoms with van der Waals surface area (Å²) in [5.41, 5.74) is 7.53. The van der Waals surface area contributed by atoms with Gasteiger partial charge in [0, 0.05) is 18.5 Å². The van der Waals surface area contributed by atoms with E-state index in [9.17, 15) is 4.79 Å². The minimum absolute atomic E-state index is 0.00243. The molecule has 0 atom stereocenters. The summed E-state index contributed by atoms with van der Waals surface area (Å²) < 4.78 is 5.21. The van der Waals surface area contributed by atoms with E-state index in [0.29, 0.717) is 19.4 Å². The lowest BCUT2D eigenvalue weighted by molar-refractivity contribution is -0.116. The second-order valence-corrected chi connectivity index (χ2v) is 4.72. The lowest BCUT2D eigenvalue weighted by Gasteiger charge is -2.07. The fourth-order valence-electron chi connectivity index (χ4n) is 2.03. The Morgan fingerprint density at radius 1 is 1.20 bits per heavy atom. The molecule has 0 fully saturated rings. The van der Waals surface area contributed by atoms with Crippen molar-refractivity contribution in [2.45, 2.75) is 25.7 Å². The molecule has 2 aromatic rings. The summed E-state index contributed by atoms with van der Waals surface area (Å²) in [7, 11) is 0. The zero-order valence-electron chi connectivity index (χ0n) is 11.5. The van der Waals surface area contributed by atoms with E-state index in [1.807, 2.05) is 36.4 Å². The first kappa shape index (κ1) is 14.3. The molecule has 4 nitrogen and oxygen atoms in total. The molecule has 1 amide bonds. The maximum atomic E-state index is 11.9. The predicted molar refractivity (Wildman–Crippen MR) is 79.5 cm³/mol. The lowest BCUT2D eigenvalue weighted by Crippen LogP contribution is -2.12. The third kappa shape index (κ3) is 4.55. The maximum Gasteiger partial charge on any atom is 0.224 e. The van der Waals surface area contributed by atoms with Gasteiger partial charge in [0.25, 0.3) is 0 Å². The van der Waals surface area contributed by atoms with Gasteiger partial charge in [0.1, 0.15) is 5.76 Å². The quantitative estimate of drug-likeness (QED) is 0.814. The highest BCUT2D eigenvalue weighted by atomic mass is 16.3. The first-order chi connectivity index (χ1) is 9.78. The summed E-state index contributed by atoms with van der Waals surface area (Å²) >= 11 is 0. The van der Waals surface area contributed by atoms with Crippen molar-refractivity contribution in [3.8, 4) is 0 Å². The van der Waals surface area contributed by atoms with E-state index < -0.39 is 0 Å². The van der Waals surface area contributed by atoms with Crippen LogP contribution in [0.15, 0.2) is 47.1 Å². The van der Waals surface area contributed by atoms with Crippen LogP contribution >= 0.6 is 0 Å². The molecule has 2 rings (SSSR count). The van der Waals surface area contributed by atoms with Crippen LogP contribution in [-0.2, 0) is 17.6 Å². The Bertz CT molecular complexity index is 535. The van der Waals surface area contributed by atoms with Gasteiger partial charge in [-0.2, -0.15) is 0 Å². The highest BCUT2D eigenvalue weighted by Gasteiger charge is 2.05. The average molecular weight is 272 g/mol. The van der Waals surface area contributed by atoms with Gasteiger partial charge < -0.3 is 15.5 Å². The molecule has 1 aromatic carbocycles. The molecule has 0 saturated carbocycles. The second-order valence-electron chi connectivity index (χ2n) is 4.72. The van der Waals surface area contributed by atoms with Crippen LogP contribution in [-0.4, -0.2) is 12.5 Å². The Hall–Kier alpha value is -2.07. The van der Waals surface area contributed by atoms with Gasteiger partial charge in [-0.1, -0.05) is 12.1 Å². The molecular formula is C16H20N2O2. The van der Waals surface area contributed by atoms with Crippen molar-refractivity contribution >= 4 is 11.6 Å². The van der Waals surface area contributed by atoms with Crippen molar-refractivity contribution in [2.75, 3.05) is 11.9 Å². The molecule has 0 radical (unpaired) electrons. The molecule has 3 N–H and O–H groups in total. The Kier molecular flexibility index (Phi) is 5.38. The van der Waals surface area contributed by atoms with Gasteiger partial charge in [-0.05, 0) is 49.2 Å². The standard InChI is InChI=1S/C16H20N2O2/c17-10-2-5-13-4-1-6-14(12-13)18-16(19)9-8-15-7-3-11-20-15/h1,3-4,6-7,11-12H,2,5,8-10,17H2,(H,18,19). The summed E-state index contributed by atoms with van der Waals surface area (Å²) in [5, 5.41) is 2.91. The highest BCUT2D eigenvalue weighted by Crippen LogP contribution is 2.13. The molecule has 20 heavy (non-hydrogen) atoms. The summed E-state index contributed by atoms with van der Waals surface area (Å²) in [6.07, 6.45) is 4.54. The molecule has 4 heteroatoms. The number of amides is 1. The number of anilines is 1. The summed E-state index contributed by atoms with van der Waals surface area (Å²) in [5.74, 6) is 0.828. The maximum absolute atomic E-state index is 11.9. The molecule has 0 aliphatic heterocycles. The minimum atomic E-state index is -0.00243. The molecule has 1 heterocycles. The number of carbonyl (C=O) groups excluding carboxylic acids is 1. The number of nitrogens with one attached hydrogen (secondary N) is 1. The number of hydrogen-bond donors (Lipinski definition) is 2. The van der Waals surface area contributed by atoms with Crippen LogP contribution in [0.25, 0.3) is 0 Å². The number of rotatable bonds is 7. The number of aryl methyl sites for hydroxylation is 2. The van der Waals surface area contributed by atoms with Crippen LogP contribution in [0, 0.1) is 0 Å². The summed E-state index contributed by atoms with van der Waals surface area (Å²) in [4.78, 5) is 11.9. The van der Waals surface area contributed by atoms with E-state index in [0.717, 1.165) is 24.3 Å². The van der Waals surface area contributed by atoms with Gasteiger partial charge >= 0.3 is 0 Å². The van der Waals surface area contributed by atoms with Crippen LogP contribution < -0.4 is 11.1 Å². The van der Waals surface area contributed by atoms with Gasteiger partial charge in [0.2, 0.25) is 5.91 Å². The van der Waals surface area contributed by atoms with Gasteiger partial charge in [0.05, 0.1) is 6.26 Å². The van der Waals surface area contributed by atoms with E-state index >= 15 is 0 Å². The fourth-order valence-corrected chi connectivity index (χ4v) is 2.03. The SMILES string of the molecule is NCCCc1cccc(NC(=O)CCc2ccco2)c1. The molecule has 0 saturated heterocycles. The van der Waals surface area contributed by atoms with Crippen molar-refractivity contribution < 1.29 is 9.21 Å². The van der Waals surface area contributed by atoms with Crippen LogP contribution in [0.2, 0.25) is 0 Å². The second kappa shape index (κ2) is 7.50. The molecule has 1 aromatic heterocycles. The third-order valence-corrected chi connectivity index (χ3v) is 3.06. The highest BCUT2D eigenvalue weighted by molar-refractivity contribution is 5.90. The molecule has 0 spiro atoms. The van der Waals surface area contributed by atoms with E-state index in [4.69, 9.17) is 10.2 Å². The molecule has 106 valence electrons. The average Bonchev–Trinajstić information content (AvgIpc) is 2.97. The summed E-state index contributed by atoms with van der Waals surface area (Å²) in [6.45, 7) is 0.680. The van der Waals surface area contributed by atoms with Crippen LogP contribution in [0.5, 0.6) is 0 Å². The smallest absolute Gasteiger partial charge is 0.224 e. The van der Waals surface area contributed by atoms with Gasteiger partial charge in [-0.3, -0.25) is 4.79 Å². The van der Waals surface area contributed by atoms with Crippen molar-refractivity contribution in [3.05, 3.63) is 54.0 Å². The summed E-state index contributed by atoms with van der Waals surface area (Å²) in [6, 6.07) is 11.6. The topological polar surface area (TPSA) is 68.3 Å². The normalized spacial score (nSPS) is 10.4. The molecule has 0 bridgehead atoms. The molecular weight excluding hydrogens is 252 g/mol. The molecule has 0 aliphatic carbocycles. The Morgan fingerprint density at radius 2 is 2.10 bits per heavy atom. The Morgan fingerprint density at radius 3 is 2.85 bits per heavy atom. The third-order valence-electron chi connectivity index (χ3n) is 3.06. The number of hydrogen-bond acceptors (Lipinski definition) is 3. The number of furan rings is 1. The van der Waals surface area contributed by atoms with Crippen LogP contribution in [0.1, 0.15) is 24.2 Å². The zero-order valence-corrected chi connectivity index (χ0v) is 11.5. The first-order valence-corrected chi connectivity index (χ1v) is 6.89. The lowest BCUT2D eigenvalue weighted by atomic mass is 10.1. The van der Waals surface area contributed by atoms with Crippen molar-refractivity contribution in [2.24, 2.45) is 5.73 Å². The first-order valence-electron chi connectivity index (χ1n) is 6.89. The number of nitrogens with two attached hydrogens (primary N) is 1. The van der Waals surface area contributed by atoms with Gasteiger partial charge in [-0.25, -0.2) is 0 Å². The molecule has 0 aliphatic rings. The van der Waals surface area contributed by atoms with E-state index in [1.54, 1.807) is 6.26 Å². The Balaban J connectivity index is 1.84. The monoisotopic (exact) mass is 272 g/mol. The van der Waals surface area contributed by atoms with Gasteiger partial charge in [0.15, 0.2) is 0 Å². The van der Waals surface area contributed by atoms with Crippen molar-refractivity contribution in [1.29, 1.82) is 0 Å². The fraction of sp³-hybridized carbons (Fsp3) is 0.312. The van der Waals surface area contributed by atoms with E-state index in [-0.39, 0.29) is 5.91 Å². The zero-order chi connectivity index (χ0) is 14.2. The van der Waals surface area contributed by atoms with Gasteiger partial charge in [-0.15, -0.1) is 0 Å². The number of benzene rings is 1. The van der Waals surface area contributed by atoms with Crippen LogP contribution in [0.4, 0.5) is 5.69 Å². The van der Waals surface area contributed by atoms with E-state index in [2.05, 4.69) is 5.32 Å². The predicted octanol–water partition coefficient (Wildman–Crippen LogP) is 2.74. The van der Waals surface area contributed by atoms with E-state index in [1.165, 1.54) is 5.56 Å². The molecule has 0 unspecified atom stereocenters. The Labute approximate surface area is 119 Å². The van der Waals surface area contributed by atoms with Crippen LogP contribution in [0.3, 0.4) is 0 Å². The van der Waals surface area contributed by atoms with Crippen molar-refractivity contribution in [1.82, 2.24) is 0 Å². The minimum Gasteiger partial charge on any atom is -0.469 e. The largest absolute Gasteiger partial charge is 0.469 e. The van der Waals surface area contributed by atoms with Crippen molar-refractivity contribution in [3.63, 3.8) is 0 Å².